The van der Waals surface area contributed by atoms with E-state index in [0.717, 1.165) is 23.7 Å². The summed E-state index contributed by atoms with van der Waals surface area (Å²) in [5, 5.41) is 3.46. The second-order valence-electron chi connectivity index (χ2n) is 4.80. The molecule has 108 valence electrons. The average Bonchev–Trinajstić information content (AvgIpc) is 2.40. The lowest BCUT2D eigenvalue weighted by Gasteiger charge is -2.15. The van der Waals surface area contributed by atoms with E-state index in [4.69, 9.17) is 9.47 Å². The van der Waals surface area contributed by atoms with Gasteiger partial charge in [-0.05, 0) is 38.3 Å². The van der Waals surface area contributed by atoms with Gasteiger partial charge in [0.05, 0.1) is 13.2 Å². The van der Waals surface area contributed by atoms with Crippen LogP contribution in [0.25, 0.3) is 0 Å². The van der Waals surface area contributed by atoms with Crippen LogP contribution in [0.5, 0.6) is 11.5 Å². The Morgan fingerprint density at radius 3 is 2.37 bits per heavy atom. The number of nitrogens with one attached hydrogen (secondary N) is 1. The van der Waals surface area contributed by atoms with E-state index in [1.54, 1.807) is 0 Å². The first kappa shape index (κ1) is 15.7. The molecule has 3 nitrogen and oxygen atoms in total. The highest BCUT2D eigenvalue weighted by Crippen LogP contribution is 2.30. The summed E-state index contributed by atoms with van der Waals surface area (Å²) in [6.07, 6.45) is 2.48. The third kappa shape index (κ3) is 5.41. The minimum absolute atomic E-state index is 0.649. The lowest BCUT2D eigenvalue weighted by atomic mass is 10.1. The maximum Gasteiger partial charge on any atom is 0.163 e. The number of rotatable bonds is 9. The van der Waals surface area contributed by atoms with E-state index in [0.29, 0.717) is 19.1 Å². The first-order valence-corrected chi connectivity index (χ1v) is 7.34. The smallest absolute Gasteiger partial charge is 0.163 e. The predicted octanol–water partition coefficient (Wildman–Crippen LogP) is 4.33. The second kappa shape index (κ2) is 8.68. The highest BCUT2D eigenvalue weighted by molar-refractivity contribution is 5.54. The lowest BCUT2D eigenvalue weighted by Crippen LogP contribution is -2.11. The zero-order valence-electron chi connectivity index (χ0n) is 12.7. The third-order valence-corrected chi connectivity index (χ3v) is 2.98. The normalized spacial score (nSPS) is 12.0. The molecule has 3 heteroatoms. The highest BCUT2D eigenvalue weighted by atomic mass is 16.5. The summed E-state index contributed by atoms with van der Waals surface area (Å²) >= 11 is 0. The Bertz CT molecular complexity index is 366. The van der Waals surface area contributed by atoms with E-state index >= 15 is 0 Å². The summed E-state index contributed by atoms with van der Waals surface area (Å²) in [6, 6.07) is 6.04. The van der Waals surface area contributed by atoms with Crippen molar-refractivity contribution in [2.45, 2.75) is 40.5 Å². The number of hydrogen-bond donors (Lipinski definition) is 1. The number of anilines is 1. The number of hydrogen-bond acceptors (Lipinski definition) is 3. The molecule has 0 amide bonds. The van der Waals surface area contributed by atoms with Crippen molar-refractivity contribution in [2.24, 2.45) is 5.92 Å². The van der Waals surface area contributed by atoms with Gasteiger partial charge >= 0.3 is 0 Å². The Hall–Kier alpha value is -1.38. The molecule has 0 aliphatic heterocycles. The van der Waals surface area contributed by atoms with Crippen LogP contribution in [-0.2, 0) is 0 Å². The molecule has 0 heterocycles. The molecule has 1 N–H and O–H groups in total. The first-order chi connectivity index (χ1) is 9.21. The maximum absolute atomic E-state index is 5.62. The first-order valence-electron chi connectivity index (χ1n) is 7.34. The van der Waals surface area contributed by atoms with E-state index in [2.05, 4.69) is 19.2 Å². The summed E-state index contributed by atoms with van der Waals surface area (Å²) in [6.45, 7) is 10.8. The molecular weight excluding hydrogens is 238 g/mol. The molecule has 0 bridgehead atoms. The van der Waals surface area contributed by atoms with Crippen molar-refractivity contribution in [3.05, 3.63) is 18.2 Å². The maximum atomic E-state index is 5.62. The Morgan fingerprint density at radius 1 is 1.05 bits per heavy atom. The summed E-state index contributed by atoms with van der Waals surface area (Å²) in [5.74, 6) is 2.32. The fourth-order valence-electron chi connectivity index (χ4n) is 2.05. The van der Waals surface area contributed by atoms with Crippen LogP contribution in [0.15, 0.2) is 18.2 Å². The van der Waals surface area contributed by atoms with Crippen LogP contribution in [0, 0.1) is 5.92 Å². The SMILES string of the molecule is CCCC(C)CNc1ccc(OCC)c(OCC)c1. The van der Waals surface area contributed by atoms with E-state index in [-0.39, 0.29) is 0 Å². The molecule has 0 fully saturated rings. The standard InChI is InChI=1S/C16H27NO2/c1-5-8-13(4)12-17-14-9-10-15(18-6-2)16(11-14)19-7-3/h9-11,13,17H,5-8,12H2,1-4H3. The largest absolute Gasteiger partial charge is 0.490 e. The lowest BCUT2D eigenvalue weighted by molar-refractivity contribution is 0.288. The van der Waals surface area contributed by atoms with E-state index in [1.165, 1.54) is 12.8 Å². The van der Waals surface area contributed by atoms with Crippen LogP contribution < -0.4 is 14.8 Å². The molecule has 19 heavy (non-hydrogen) atoms. The fraction of sp³-hybridized carbons (Fsp3) is 0.625. The van der Waals surface area contributed by atoms with Crippen LogP contribution in [0.4, 0.5) is 5.69 Å². The molecule has 0 spiro atoms. The molecule has 1 atom stereocenters. The Balaban J connectivity index is 2.66. The van der Waals surface area contributed by atoms with Gasteiger partial charge < -0.3 is 14.8 Å². The van der Waals surface area contributed by atoms with E-state index < -0.39 is 0 Å². The minimum atomic E-state index is 0.649. The van der Waals surface area contributed by atoms with Crippen LogP contribution in [-0.4, -0.2) is 19.8 Å². The van der Waals surface area contributed by atoms with Gasteiger partial charge in [-0.3, -0.25) is 0 Å². The van der Waals surface area contributed by atoms with Crippen molar-refractivity contribution in [1.82, 2.24) is 0 Å². The molecule has 0 aromatic heterocycles. The number of ether oxygens (including phenoxy) is 2. The van der Waals surface area contributed by atoms with Crippen LogP contribution in [0.3, 0.4) is 0 Å². The Labute approximate surface area is 117 Å². The Morgan fingerprint density at radius 2 is 1.74 bits per heavy atom. The van der Waals surface area contributed by atoms with Gasteiger partial charge in [0.1, 0.15) is 0 Å². The van der Waals surface area contributed by atoms with Gasteiger partial charge in [0.2, 0.25) is 0 Å². The number of benzene rings is 1. The van der Waals surface area contributed by atoms with Crippen molar-refractivity contribution < 1.29 is 9.47 Å². The highest BCUT2D eigenvalue weighted by Gasteiger charge is 2.07. The minimum Gasteiger partial charge on any atom is -0.490 e. The molecule has 1 unspecified atom stereocenters. The van der Waals surface area contributed by atoms with Crippen LogP contribution in [0.2, 0.25) is 0 Å². The van der Waals surface area contributed by atoms with Crippen molar-refractivity contribution in [1.29, 1.82) is 0 Å². The zero-order valence-corrected chi connectivity index (χ0v) is 12.7. The average molecular weight is 265 g/mol. The summed E-state index contributed by atoms with van der Waals surface area (Å²) in [5.41, 5.74) is 1.09. The summed E-state index contributed by atoms with van der Waals surface area (Å²) in [4.78, 5) is 0. The predicted molar refractivity (Wildman–Crippen MR) is 81.3 cm³/mol. The van der Waals surface area contributed by atoms with Crippen molar-refractivity contribution in [3.8, 4) is 11.5 Å². The van der Waals surface area contributed by atoms with Gasteiger partial charge in [-0.15, -0.1) is 0 Å². The Kier molecular flexibility index (Phi) is 7.16. The van der Waals surface area contributed by atoms with E-state index in [9.17, 15) is 0 Å². The van der Waals surface area contributed by atoms with Crippen molar-refractivity contribution in [3.63, 3.8) is 0 Å². The quantitative estimate of drug-likeness (QED) is 0.720. The van der Waals surface area contributed by atoms with Crippen LogP contribution >= 0.6 is 0 Å². The van der Waals surface area contributed by atoms with Gasteiger partial charge in [0.25, 0.3) is 0 Å². The van der Waals surface area contributed by atoms with Crippen LogP contribution in [0.1, 0.15) is 40.5 Å². The van der Waals surface area contributed by atoms with Gasteiger partial charge in [-0.25, -0.2) is 0 Å². The molecule has 0 saturated carbocycles. The van der Waals surface area contributed by atoms with Gasteiger partial charge in [0, 0.05) is 18.3 Å². The molecule has 1 aromatic carbocycles. The second-order valence-corrected chi connectivity index (χ2v) is 4.80. The van der Waals surface area contributed by atoms with Gasteiger partial charge in [-0.1, -0.05) is 20.3 Å². The van der Waals surface area contributed by atoms with Crippen molar-refractivity contribution >= 4 is 5.69 Å². The summed E-state index contributed by atoms with van der Waals surface area (Å²) in [7, 11) is 0. The fourth-order valence-corrected chi connectivity index (χ4v) is 2.05. The zero-order chi connectivity index (χ0) is 14.1. The van der Waals surface area contributed by atoms with E-state index in [1.807, 2.05) is 32.0 Å². The summed E-state index contributed by atoms with van der Waals surface area (Å²) < 4.78 is 11.2. The molecule has 1 rings (SSSR count). The molecule has 0 aliphatic carbocycles. The molecule has 0 saturated heterocycles. The molecule has 1 aromatic rings. The molecule has 0 aliphatic rings. The monoisotopic (exact) mass is 265 g/mol. The van der Waals surface area contributed by atoms with Crippen molar-refractivity contribution in [2.75, 3.05) is 25.1 Å². The molecular formula is C16H27NO2. The molecule has 0 radical (unpaired) electrons. The van der Waals surface area contributed by atoms with Gasteiger partial charge in [-0.2, -0.15) is 0 Å². The third-order valence-electron chi connectivity index (χ3n) is 2.98. The van der Waals surface area contributed by atoms with Gasteiger partial charge in [0.15, 0.2) is 11.5 Å². The topological polar surface area (TPSA) is 30.5 Å².